The van der Waals surface area contributed by atoms with Crippen LogP contribution in [-0.2, 0) is 21.0 Å². The van der Waals surface area contributed by atoms with Crippen molar-refractivity contribution >= 4 is 52.5 Å². The van der Waals surface area contributed by atoms with E-state index in [0.29, 0.717) is 26.2 Å². The number of carboxylic acid groups (broad SMARTS) is 1. The standard InChI is InChI=1S/C24H19ClN2O6S2/c1-11-4-2-3-5-12(11)10-33-15-7-6-13(25)8-14(15)17-18-20(34-21-19(17)35-24(32)26-21)23(31)27(22(18)30)9-16(28)29/h2-8,17-18,20H,9-10H2,1H3,(H,26,32)(H,28,29)/t17-,18?,20?/m1/s1. The van der Waals surface area contributed by atoms with Gasteiger partial charge in [0.2, 0.25) is 11.8 Å². The van der Waals surface area contributed by atoms with Crippen molar-refractivity contribution in [1.82, 2.24) is 9.88 Å². The molecule has 35 heavy (non-hydrogen) atoms. The summed E-state index contributed by atoms with van der Waals surface area (Å²) in [6.07, 6.45) is 0. The zero-order valence-corrected chi connectivity index (χ0v) is 20.7. The molecule has 11 heteroatoms. The first kappa shape index (κ1) is 23.7. The van der Waals surface area contributed by atoms with Crippen LogP contribution in [0.25, 0.3) is 0 Å². The number of rotatable bonds is 6. The number of nitrogens with zero attached hydrogens (tertiary/aromatic N) is 1. The normalized spacial score (nSPS) is 21.1. The van der Waals surface area contributed by atoms with Gasteiger partial charge in [0, 0.05) is 21.4 Å². The summed E-state index contributed by atoms with van der Waals surface area (Å²) in [7, 11) is 0. The lowest BCUT2D eigenvalue weighted by molar-refractivity contribution is -0.149. The van der Waals surface area contributed by atoms with E-state index in [2.05, 4.69) is 4.98 Å². The SMILES string of the molecule is Cc1ccccc1COc1ccc(Cl)cc1[C@H]1c2sc(=O)[nH]c2SC2C(=O)N(CC(=O)O)C(=O)C21. The number of H-pyrrole nitrogens is 1. The lowest BCUT2D eigenvalue weighted by Gasteiger charge is -2.31. The number of carbonyl (C=O) groups excluding carboxylic acids is 2. The number of carbonyl (C=O) groups is 3. The van der Waals surface area contributed by atoms with Gasteiger partial charge in [-0.15, -0.1) is 0 Å². The molecule has 1 saturated heterocycles. The molecule has 180 valence electrons. The molecule has 1 fully saturated rings. The second-order valence-electron chi connectivity index (χ2n) is 8.30. The summed E-state index contributed by atoms with van der Waals surface area (Å²) in [5.74, 6) is -3.58. The molecule has 0 radical (unpaired) electrons. The maximum absolute atomic E-state index is 13.4. The Labute approximate surface area is 212 Å². The molecule has 2 amide bonds. The Morgan fingerprint density at radius 3 is 2.69 bits per heavy atom. The van der Waals surface area contributed by atoms with Crippen LogP contribution in [0.3, 0.4) is 0 Å². The average molecular weight is 531 g/mol. The van der Waals surface area contributed by atoms with Gasteiger partial charge in [0.1, 0.15) is 24.2 Å². The topological polar surface area (TPSA) is 117 Å². The van der Waals surface area contributed by atoms with E-state index in [9.17, 15) is 24.3 Å². The van der Waals surface area contributed by atoms with Gasteiger partial charge in [-0.1, -0.05) is 59.0 Å². The fraction of sp³-hybridized carbons (Fsp3) is 0.250. The van der Waals surface area contributed by atoms with Crippen molar-refractivity contribution in [1.29, 1.82) is 0 Å². The number of thiazole rings is 1. The Bertz CT molecular complexity index is 1420. The maximum Gasteiger partial charge on any atom is 0.323 e. The molecule has 1 aromatic heterocycles. The van der Waals surface area contributed by atoms with Crippen LogP contribution in [-0.4, -0.2) is 44.6 Å². The second kappa shape index (κ2) is 9.18. The Morgan fingerprint density at radius 2 is 1.94 bits per heavy atom. The number of likely N-dealkylation sites (tertiary alicyclic amines) is 1. The highest BCUT2D eigenvalue weighted by Crippen LogP contribution is 2.54. The number of imide groups is 1. The van der Waals surface area contributed by atoms with Gasteiger partial charge in [-0.05, 0) is 36.2 Å². The van der Waals surface area contributed by atoms with E-state index in [1.165, 1.54) is 0 Å². The third-order valence-electron chi connectivity index (χ3n) is 6.16. The number of carboxylic acids is 1. The molecular weight excluding hydrogens is 512 g/mol. The van der Waals surface area contributed by atoms with Crippen molar-refractivity contribution in [2.75, 3.05) is 6.54 Å². The van der Waals surface area contributed by atoms with Gasteiger partial charge in [0.15, 0.2) is 0 Å². The molecule has 0 saturated carbocycles. The van der Waals surface area contributed by atoms with E-state index in [-0.39, 0.29) is 11.5 Å². The van der Waals surface area contributed by atoms with Crippen molar-refractivity contribution in [2.45, 2.75) is 29.7 Å². The Balaban J connectivity index is 1.60. The first-order valence-electron chi connectivity index (χ1n) is 10.7. The van der Waals surface area contributed by atoms with Gasteiger partial charge in [0.05, 0.1) is 10.9 Å². The number of aromatic amines is 1. The zero-order chi connectivity index (χ0) is 24.9. The number of thioether (sulfide) groups is 1. The molecule has 2 aliphatic rings. The van der Waals surface area contributed by atoms with Gasteiger partial charge in [-0.2, -0.15) is 0 Å². The number of benzene rings is 2. The largest absolute Gasteiger partial charge is 0.489 e. The molecule has 5 rings (SSSR count). The van der Waals surface area contributed by atoms with E-state index in [1.54, 1.807) is 18.2 Å². The van der Waals surface area contributed by atoms with Crippen molar-refractivity contribution in [3.63, 3.8) is 0 Å². The van der Waals surface area contributed by atoms with Gasteiger partial charge < -0.3 is 14.8 Å². The Hall–Kier alpha value is -3.08. The number of hydrogen-bond donors (Lipinski definition) is 2. The minimum atomic E-state index is -1.28. The molecule has 3 atom stereocenters. The number of fused-ring (bicyclic) bond motifs is 2. The fourth-order valence-electron chi connectivity index (χ4n) is 4.52. The molecule has 2 unspecified atom stereocenters. The smallest absolute Gasteiger partial charge is 0.323 e. The number of aryl methyl sites for hydroxylation is 1. The third kappa shape index (κ3) is 4.26. The van der Waals surface area contributed by atoms with Crippen LogP contribution in [0.15, 0.2) is 52.3 Å². The summed E-state index contributed by atoms with van der Waals surface area (Å²) in [5.41, 5.74) is 2.61. The summed E-state index contributed by atoms with van der Waals surface area (Å²) in [6, 6.07) is 12.8. The minimum Gasteiger partial charge on any atom is -0.489 e. The van der Waals surface area contributed by atoms with Crippen LogP contribution >= 0.6 is 34.7 Å². The van der Waals surface area contributed by atoms with E-state index in [0.717, 1.165) is 39.1 Å². The van der Waals surface area contributed by atoms with Gasteiger partial charge >= 0.3 is 10.8 Å². The summed E-state index contributed by atoms with van der Waals surface area (Å²) >= 11 is 8.40. The molecule has 2 N–H and O–H groups in total. The molecule has 0 bridgehead atoms. The van der Waals surface area contributed by atoms with E-state index >= 15 is 0 Å². The van der Waals surface area contributed by atoms with Crippen LogP contribution in [0.5, 0.6) is 5.75 Å². The van der Waals surface area contributed by atoms with Crippen molar-refractivity contribution in [3.8, 4) is 5.75 Å². The van der Waals surface area contributed by atoms with E-state index in [1.807, 2.05) is 31.2 Å². The summed E-state index contributed by atoms with van der Waals surface area (Å²) in [6.45, 7) is 1.53. The second-order valence-corrected chi connectivity index (χ2v) is 10.9. The number of ether oxygens (including phenoxy) is 1. The molecule has 0 aliphatic carbocycles. The lowest BCUT2D eigenvalue weighted by atomic mass is 9.82. The Kier molecular flexibility index (Phi) is 6.20. The molecular formula is C24H19ClN2O6S2. The minimum absolute atomic E-state index is 0.269. The van der Waals surface area contributed by atoms with Crippen LogP contribution in [0, 0.1) is 12.8 Å². The van der Waals surface area contributed by atoms with Crippen molar-refractivity contribution < 1.29 is 24.2 Å². The molecule has 3 heterocycles. The molecule has 0 spiro atoms. The first-order valence-corrected chi connectivity index (χ1v) is 12.8. The van der Waals surface area contributed by atoms with Gasteiger partial charge in [-0.3, -0.25) is 24.1 Å². The number of aliphatic carboxylic acids is 1. The summed E-state index contributed by atoms with van der Waals surface area (Å²) in [4.78, 5) is 53.8. The number of aromatic nitrogens is 1. The molecule has 8 nitrogen and oxygen atoms in total. The van der Waals surface area contributed by atoms with Crippen LogP contribution in [0.4, 0.5) is 0 Å². The highest BCUT2D eigenvalue weighted by molar-refractivity contribution is 8.00. The summed E-state index contributed by atoms with van der Waals surface area (Å²) < 4.78 is 6.18. The highest BCUT2D eigenvalue weighted by atomic mass is 35.5. The van der Waals surface area contributed by atoms with E-state index in [4.69, 9.17) is 16.3 Å². The number of halogens is 1. The Morgan fingerprint density at radius 1 is 1.17 bits per heavy atom. The van der Waals surface area contributed by atoms with Gasteiger partial charge in [-0.25, -0.2) is 0 Å². The fourth-order valence-corrected chi connectivity index (χ4v) is 7.23. The van der Waals surface area contributed by atoms with Gasteiger partial charge in [0.25, 0.3) is 0 Å². The third-order valence-corrected chi connectivity index (χ3v) is 8.80. The first-order chi connectivity index (χ1) is 16.7. The average Bonchev–Trinajstić information content (AvgIpc) is 3.29. The highest BCUT2D eigenvalue weighted by Gasteiger charge is 2.56. The number of hydrogen-bond acceptors (Lipinski definition) is 7. The zero-order valence-electron chi connectivity index (χ0n) is 18.3. The predicted molar refractivity (Wildman–Crippen MR) is 131 cm³/mol. The van der Waals surface area contributed by atoms with E-state index < -0.39 is 41.4 Å². The molecule has 2 aromatic carbocycles. The predicted octanol–water partition coefficient (Wildman–Crippen LogP) is 3.65. The van der Waals surface area contributed by atoms with Crippen molar-refractivity contribution in [2.24, 2.45) is 5.92 Å². The molecule has 3 aromatic rings. The summed E-state index contributed by atoms with van der Waals surface area (Å²) in [5, 5.41) is 9.27. The monoisotopic (exact) mass is 530 g/mol. The van der Waals surface area contributed by atoms with Crippen LogP contribution < -0.4 is 9.61 Å². The molecule has 2 aliphatic heterocycles. The number of amides is 2. The number of nitrogens with one attached hydrogen (secondary N) is 1. The van der Waals surface area contributed by atoms with Crippen LogP contribution in [0.1, 0.15) is 27.5 Å². The van der Waals surface area contributed by atoms with Crippen LogP contribution in [0.2, 0.25) is 5.02 Å². The van der Waals surface area contributed by atoms with Crippen molar-refractivity contribution in [3.05, 3.63) is 78.7 Å². The quantitative estimate of drug-likeness (QED) is 0.467. The lowest BCUT2D eigenvalue weighted by Crippen LogP contribution is -2.36. The maximum atomic E-state index is 13.4.